The van der Waals surface area contributed by atoms with Gasteiger partial charge in [-0.2, -0.15) is 0 Å². The number of hydrogen-bond donors (Lipinski definition) is 1. The molecule has 116 valence electrons. The number of nitrogens with zero attached hydrogens (tertiary/aromatic N) is 1. The second kappa shape index (κ2) is 6.03. The Hall–Kier alpha value is -1.60. The summed E-state index contributed by atoms with van der Waals surface area (Å²) in [6, 6.07) is 6.72. The predicted molar refractivity (Wildman–Crippen MR) is 80.7 cm³/mol. The maximum atomic E-state index is 12.6. The van der Waals surface area contributed by atoms with Crippen LogP contribution in [0.2, 0.25) is 0 Å². The zero-order valence-electron chi connectivity index (χ0n) is 12.4. The van der Waals surface area contributed by atoms with Crippen molar-refractivity contribution in [2.75, 3.05) is 25.0 Å². The Labute approximate surface area is 125 Å². The van der Waals surface area contributed by atoms with Crippen LogP contribution in [0.4, 0.5) is 5.69 Å². The molecule has 0 saturated carbocycles. The number of ether oxygens (including phenoxy) is 1. The minimum Gasteiger partial charge on any atom is -0.468 e. The molecular weight excluding hydrogens is 292 g/mol. The molecule has 7 heteroatoms. The van der Waals surface area contributed by atoms with E-state index in [4.69, 9.17) is 0 Å². The molecule has 0 bridgehead atoms. The van der Waals surface area contributed by atoms with Crippen LogP contribution in [0.15, 0.2) is 24.3 Å². The maximum absolute atomic E-state index is 12.6. The van der Waals surface area contributed by atoms with Crippen molar-refractivity contribution in [2.24, 2.45) is 0 Å². The van der Waals surface area contributed by atoms with Gasteiger partial charge in [0, 0.05) is 13.6 Å². The van der Waals surface area contributed by atoms with Gasteiger partial charge in [0.15, 0.2) is 0 Å². The van der Waals surface area contributed by atoms with Crippen molar-refractivity contribution >= 4 is 21.7 Å². The highest BCUT2D eigenvalue weighted by Crippen LogP contribution is 2.24. The molecule has 1 fully saturated rings. The summed E-state index contributed by atoms with van der Waals surface area (Å²) in [5.74, 6) is -0.425. The van der Waals surface area contributed by atoms with E-state index in [1.807, 2.05) is 19.1 Å². The Kier molecular flexibility index (Phi) is 4.53. The van der Waals surface area contributed by atoms with Crippen LogP contribution in [-0.2, 0) is 19.6 Å². The molecule has 0 radical (unpaired) electrons. The lowest BCUT2D eigenvalue weighted by Crippen LogP contribution is -2.37. The van der Waals surface area contributed by atoms with Gasteiger partial charge in [0.25, 0.3) is 0 Å². The molecular formula is C14H20N2O4S. The van der Waals surface area contributed by atoms with E-state index >= 15 is 0 Å². The Balaban J connectivity index is 2.15. The highest BCUT2D eigenvalue weighted by Gasteiger charge is 2.39. The van der Waals surface area contributed by atoms with E-state index in [9.17, 15) is 13.2 Å². The summed E-state index contributed by atoms with van der Waals surface area (Å²) in [5, 5.41) is 2.27. The lowest BCUT2D eigenvalue weighted by molar-refractivity contribution is -0.142. The number of carbonyl (C=O) groups excluding carboxylic acids is 1. The van der Waals surface area contributed by atoms with Gasteiger partial charge in [0.1, 0.15) is 6.04 Å². The number of carbonyl (C=O) groups is 1. The Morgan fingerprint density at radius 3 is 2.52 bits per heavy atom. The number of nitrogens with one attached hydrogen (secondary N) is 1. The van der Waals surface area contributed by atoms with E-state index in [0.717, 1.165) is 5.56 Å². The van der Waals surface area contributed by atoms with E-state index in [2.05, 4.69) is 10.1 Å². The van der Waals surface area contributed by atoms with Crippen molar-refractivity contribution in [3.8, 4) is 0 Å². The fraction of sp³-hybridized carbons (Fsp3) is 0.500. The molecule has 0 aromatic heterocycles. The van der Waals surface area contributed by atoms with Crippen molar-refractivity contribution in [1.29, 1.82) is 0 Å². The standard InChI is InChI=1S/C14H20N2O4S/c1-10-4-6-11(7-5-10)16(2)21(18,19)12-8-13(15-9-12)14(17)20-3/h4-7,12-13,15H,8-9H2,1-3H3. The molecule has 1 aliphatic heterocycles. The first kappa shape index (κ1) is 15.8. The smallest absolute Gasteiger partial charge is 0.322 e. The molecule has 1 aromatic carbocycles. The monoisotopic (exact) mass is 312 g/mol. The molecule has 2 rings (SSSR count). The van der Waals surface area contributed by atoms with Gasteiger partial charge in [-0.1, -0.05) is 17.7 Å². The minimum atomic E-state index is -3.52. The van der Waals surface area contributed by atoms with Gasteiger partial charge in [-0.15, -0.1) is 0 Å². The molecule has 0 amide bonds. The third-order valence-electron chi connectivity index (χ3n) is 3.78. The largest absolute Gasteiger partial charge is 0.468 e. The van der Waals surface area contributed by atoms with Gasteiger partial charge >= 0.3 is 5.97 Å². The van der Waals surface area contributed by atoms with Crippen molar-refractivity contribution in [3.63, 3.8) is 0 Å². The number of methoxy groups -OCH3 is 1. The molecule has 1 aliphatic rings. The molecule has 1 heterocycles. The number of aryl methyl sites for hydroxylation is 1. The van der Waals surface area contributed by atoms with Crippen LogP contribution in [0, 0.1) is 6.92 Å². The van der Waals surface area contributed by atoms with Crippen molar-refractivity contribution < 1.29 is 17.9 Å². The van der Waals surface area contributed by atoms with Gasteiger partial charge in [0.2, 0.25) is 10.0 Å². The molecule has 1 saturated heterocycles. The first-order chi connectivity index (χ1) is 9.86. The van der Waals surface area contributed by atoms with E-state index in [1.165, 1.54) is 18.5 Å². The van der Waals surface area contributed by atoms with E-state index in [0.29, 0.717) is 5.69 Å². The SMILES string of the molecule is COC(=O)C1CC(S(=O)(=O)N(C)c2ccc(C)cc2)CN1. The second-order valence-corrected chi connectivity index (χ2v) is 7.43. The Bertz CT molecular complexity index is 612. The number of esters is 1. The second-order valence-electron chi connectivity index (χ2n) is 5.19. The molecule has 1 N–H and O–H groups in total. The summed E-state index contributed by atoms with van der Waals surface area (Å²) >= 11 is 0. The van der Waals surface area contributed by atoms with Gasteiger partial charge in [-0.25, -0.2) is 8.42 Å². The number of hydrogen-bond acceptors (Lipinski definition) is 5. The molecule has 0 aliphatic carbocycles. The first-order valence-corrected chi connectivity index (χ1v) is 8.22. The average Bonchev–Trinajstić information content (AvgIpc) is 2.97. The maximum Gasteiger partial charge on any atom is 0.322 e. The highest BCUT2D eigenvalue weighted by atomic mass is 32.2. The summed E-state index contributed by atoms with van der Waals surface area (Å²) in [7, 11) is -0.687. The van der Waals surface area contributed by atoms with Crippen molar-refractivity contribution in [2.45, 2.75) is 24.6 Å². The zero-order chi connectivity index (χ0) is 15.6. The predicted octanol–water partition coefficient (Wildman–Crippen LogP) is 0.665. The minimum absolute atomic E-state index is 0.227. The quantitative estimate of drug-likeness (QED) is 0.827. The normalized spacial score (nSPS) is 22.0. The summed E-state index contributed by atoms with van der Waals surface area (Å²) < 4.78 is 31.1. The number of sulfonamides is 1. The molecule has 6 nitrogen and oxygen atoms in total. The summed E-state index contributed by atoms with van der Waals surface area (Å²) in [6.07, 6.45) is 0.227. The van der Waals surface area contributed by atoms with Crippen LogP contribution in [0.5, 0.6) is 0 Å². The number of rotatable bonds is 4. The fourth-order valence-electron chi connectivity index (χ4n) is 2.38. The van der Waals surface area contributed by atoms with Crippen molar-refractivity contribution in [1.82, 2.24) is 5.32 Å². The number of anilines is 1. The van der Waals surface area contributed by atoms with Gasteiger partial charge in [-0.3, -0.25) is 9.10 Å². The summed E-state index contributed by atoms with van der Waals surface area (Å²) in [5.41, 5.74) is 1.68. The fourth-order valence-corrected chi connectivity index (χ4v) is 3.98. The molecule has 2 unspecified atom stereocenters. The average molecular weight is 312 g/mol. The first-order valence-electron chi connectivity index (χ1n) is 6.72. The van der Waals surface area contributed by atoms with Gasteiger partial charge < -0.3 is 10.1 Å². The van der Waals surface area contributed by atoms with Gasteiger partial charge in [-0.05, 0) is 25.5 Å². The van der Waals surface area contributed by atoms with E-state index in [-0.39, 0.29) is 13.0 Å². The molecule has 1 aromatic rings. The van der Waals surface area contributed by atoms with Crippen LogP contribution >= 0.6 is 0 Å². The third-order valence-corrected chi connectivity index (χ3v) is 5.95. The van der Waals surface area contributed by atoms with Crippen LogP contribution in [0.1, 0.15) is 12.0 Å². The number of benzene rings is 1. The highest BCUT2D eigenvalue weighted by molar-refractivity contribution is 7.93. The van der Waals surface area contributed by atoms with Crippen LogP contribution in [-0.4, -0.2) is 46.4 Å². The third kappa shape index (κ3) is 3.19. The topological polar surface area (TPSA) is 75.7 Å². The molecule has 0 spiro atoms. The van der Waals surface area contributed by atoms with Gasteiger partial charge in [0.05, 0.1) is 18.0 Å². The van der Waals surface area contributed by atoms with Crippen LogP contribution < -0.4 is 9.62 Å². The Morgan fingerprint density at radius 1 is 1.33 bits per heavy atom. The lowest BCUT2D eigenvalue weighted by atomic mass is 10.2. The van der Waals surface area contributed by atoms with Crippen molar-refractivity contribution in [3.05, 3.63) is 29.8 Å². The zero-order valence-corrected chi connectivity index (χ0v) is 13.2. The molecule has 21 heavy (non-hydrogen) atoms. The van der Waals surface area contributed by atoms with Crippen LogP contribution in [0.25, 0.3) is 0 Å². The summed E-state index contributed by atoms with van der Waals surface area (Å²) in [6.45, 7) is 2.19. The Morgan fingerprint density at radius 2 is 1.95 bits per heavy atom. The van der Waals surface area contributed by atoms with E-state index < -0.39 is 27.3 Å². The summed E-state index contributed by atoms with van der Waals surface area (Å²) in [4.78, 5) is 11.5. The molecule has 2 atom stereocenters. The lowest BCUT2D eigenvalue weighted by Gasteiger charge is -2.23. The van der Waals surface area contributed by atoms with E-state index in [1.54, 1.807) is 12.1 Å². The van der Waals surface area contributed by atoms with Crippen LogP contribution in [0.3, 0.4) is 0 Å².